The zero-order valence-corrected chi connectivity index (χ0v) is 23.7. The Morgan fingerprint density at radius 2 is 1.60 bits per heavy atom. The molecular formula is C33H42N4O3. The molecule has 3 amide bonds. The zero-order chi connectivity index (χ0) is 28.2. The van der Waals surface area contributed by atoms with Gasteiger partial charge < -0.3 is 25.6 Å². The molecular weight excluding hydrogens is 500 g/mol. The van der Waals surface area contributed by atoms with Crippen LogP contribution in [0.1, 0.15) is 54.6 Å². The Hall–Kier alpha value is -3.84. The molecule has 0 saturated carbocycles. The number of benzene rings is 3. The third-order valence-electron chi connectivity index (χ3n) is 7.37. The van der Waals surface area contributed by atoms with Gasteiger partial charge in [0, 0.05) is 49.9 Å². The molecule has 0 aromatic heterocycles. The van der Waals surface area contributed by atoms with E-state index in [4.69, 9.17) is 4.74 Å². The minimum Gasteiger partial charge on any atom is -0.382 e. The van der Waals surface area contributed by atoms with Gasteiger partial charge in [0.05, 0.1) is 5.56 Å². The average Bonchev–Trinajstić information content (AvgIpc) is 2.98. The number of carbonyl (C=O) groups is 2. The fourth-order valence-electron chi connectivity index (χ4n) is 5.17. The van der Waals surface area contributed by atoms with E-state index in [1.807, 2.05) is 43.3 Å². The number of carbonyl (C=O) groups excluding carboxylic acids is 2. The number of nitrogens with one attached hydrogen (secondary N) is 3. The number of hydrogen-bond donors (Lipinski definition) is 3. The maximum Gasteiger partial charge on any atom is 0.323 e. The van der Waals surface area contributed by atoms with Crippen LogP contribution in [0.3, 0.4) is 0 Å². The molecule has 1 fully saturated rings. The Balaban J connectivity index is 1.44. The van der Waals surface area contributed by atoms with Crippen molar-refractivity contribution < 1.29 is 14.3 Å². The molecule has 0 radical (unpaired) electrons. The van der Waals surface area contributed by atoms with Gasteiger partial charge in [-0.05, 0) is 86.4 Å². The predicted octanol–water partition coefficient (Wildman–Crippen LogP) is 6.51. The lowest BCUT2D eigenvalue weighted by atomic mass is 9.89. The lowest BCUT2D eigenvalue weighted by Crippen LogP contribution is -2.36. The Morgan fingerprint density at radius 3 is 2.33 bits per heavy atom. The number of urea groups is 1. The minimum atomic E-state index is -0.342. The van der Waals surface area contributed by atoms with Crippen LogP contribution >= 0.6 is 0 Å². The van der Waals surface area contributed by atoms with E-state index in [-0.39, 0.29) is 11.9 Å². The molecule has 0 spiro atoms. The van der Waals surface area contributed by atoms with Crippen LogP contribution in [0.5, 0.6) is 0 Å². The van der Waals surface area contributed by atoms with Crippen molar-refractivity contribution in [2.45, 2.75) is 46.0 Å². The summed E-state index contributed by atoms with van der Waals surface area (Å²) in [6, 6.07) is 23.7. The first kappa shape index (κ1) is 29.2. The van der Waals surface area contributed by atoms with E-state index in [2.05, 4.69) is 58.1 Å². The highest BCUT2D eigenvalue weighted by Gasteiger charge is 2.24. The predicted molar refractivity (Wildman–Crippen MR) is 163 cm³/mol. The summed E-state index contributed by atoms with van der Waals surface area (Å²) in [6.45, 7) is 7.63. The second-order valence-electron chi connectivity index (χ2n) is 10.3. The van der Waals surface area contributed by atoms with Gasteiger partial charge in [0.25, 0.3) is 5.91 Å². The third kappa shape index (κ3) is 8.58. The van der Waals surface area contributed by atoms with Gasteiger partial charge in [0.15, 0.2) is 0 Å². The minimum absolute atomic E-state index is 0.141. The van der Waals surface area contributed by atoms with Crippen LogP contribution in [0.2, 0.25) is 0 Å². The largest absolute Gasteiger partial charge is 0.382 e. The molecule has 3 aromatic rings. The van der Waals surface area contributed by atoms with E-state index in [9.17, 15) is 9.59 Å². The second-order valence-corrected chi connectivity index (χ2v) is 10.3. The van der Waals surface area contributed by atoms with Crippen LogP contribution in [0.4, 0.5) is 21.9 Å². The maximum atomic E-state index is 13.3. The molecule has 1 aliphatic rings. The second kappa shape index (κ2) is 15.1. The van der Waals surface area contributed by atoms with Crippen LogP contribution in [0.15, 0.2) is 72.8 Å². The molecule has 7 nitrogen and oxygen atoms in total. The van der Waals surface area contributed by atoms with Crippen molar-refractivity contribution in [3.8, 4) is 0 Å². The van der Waals surface area contributed by atoms with Crippen molar-refractivity contribution in [2.75, 3.05) is 48.4 Å². The van der Waals surface area contributed by atoms with Crippen molar-refractivity contribution in [3.05, 3.63) is 89.5 Å². The number of rotatable bonds is 12. The summed E-state index contributed by atoms with van der Waals surface area (Å²) in [5.74, 6) is 0.489. The number of piperidine rings is 1. The summed E-state index contributed by atoms with van der Waals surface area (Å²) >= 11 is 0. The standard InChI is InChI=1S/C33H42N4O3/c1-3-25-12-8-13-28(23-25)35-33(39)36-29-14-15-31(30(24-29)32(38)34-18-9-21-40-4-2)37-19-16-27(17-20-37)22-26-10-6-5-7-11-26/h5-8,10-15,23-24,27H,3-4,9,16-22H2,1-2H3,(H,34,38)(H2,35,36,39). The summed E-state index contributed by atoms with van der Waals surface area (Å²) in [5.41, 5.74) is 5.32. The van der Waals surface area contributed by atoms with E-state index in [1.54, 1.807) is 6.07 Å². The quantitative estimate of drug-likeness (QED) is 0.228. The number of aryl methyl sites for hydroxylation is 1. The van der Waals surface area contributed by atoms with Gasteiger partial charge in [0.2, 0.25) is 0 Å². The van der Waals surface area contributed by atoms with Crippen molar-refractivity contribution >= 4 is 29.0 Å². The van der Waals surface area contributed by atoms with Gasteiger partial charge in [-0.2, -0.15) is 0 Å². The normalized spacial score (nSPS) is 13.6. The number of anilines is 3. The third-order valence-corrected chi connectivity index (χ3v) is 7.37. The highest BCUT2D eigenvalue weighted by atomic mass is 16.5. The summed E-state index contributed by atoms with van der Waals surface area (Å²) in [5, 5.41) is 8.84. The van der Waals surface area contributed by atoms with E-state index in [0.29, 0.717) is 36.9 Å². The smallest absolute Gasteiger partial charge is 0.323 e. The molecule has 212 valence electrons. The molecule has 0 aliphatic carbocycles. The van der Waals surface area contributed by atoms with E-state index in [1.165, 1.54) is 5.56 Å². The Labute approximate surface area is 238 Å². The number of hydrogen-bond acceptors (Lipinski definition) is 4. The van der Waals surface area contributed by atoms with Crippen LogP contribution in [-0.4, -0.2) is 44.8 Å². The van der Waals surface area contributed by atoms with Crippen LogP contribution < -0.4 is 20.9 Å². The topological polar surface area (TPSA) is 82.7 Å². The summed E-state index contributed by atoms with van der Waals surface area (Å²) in [6.07, 6.45) is 4.87. The number of amides is 3. The first-order valence-electron chi connectivity index (χ1n) is 14.5. The van der Waals surface area contributed by atoms with Gasteiger partial charge in [-0.1, -0.05) is 49.4 Å². The average molecular weight is 543 g/mol. The van der Waals surface area contributed by atoms with Crippen LogP contribution in [0, 0.1) is 5.92 Å². The zero-order valence-electron chi connectivity index (χ0n) is 23.7. The highest BCUT2D eigenvalue weighted by molar-refractivity contribution is 6.04. The molecule has 0 bridgehead atoms. The van der Waals surface area contributed by atoms with Gasteiger partial charge in [0.1, 0.15) is 0 Å². The van der Waals surface area contributed by atoms with Gasteiger partial charge >= 0.3 is 6.03 Å². The van der Waals surface area contributed by atoms with Crippen LogP contribution in [0.25, 0.3) is 0 Å². The molecule has 4 rings (SSSR count). The molecule has 1 saturated heterocycles. The van der Waals surface area contributed by atoms with Crippen LogP contribution in [-0.2, 0) is 17.6 Å². The molecule has 0 unspecified atom stereocenters. The molecule has 3 N–H and O–H groups in total. The fraction of sp³-hybridized carbons (Fsp3) is 0.394. The van der Waals surface area contributed by atoms with Gasteiger partial charge in [-0.3, -0.25) is 4.79 Å². The molecule has 1 aliphatic heterocycles. The monoisotopic (exact) mass is 542 g/mol. The lowest BCUT2D eigenvalue weighted by molar-refractivity contribution is 0.0944. The SMILES string of the molecule is CCOCCCNC(=O)c1cc(NC(=O)Nc2cccc(CC)c2)ccc1N1CCC(Cc2ccccc2)CC1. The number of nitrogens with zero attached hydrogens (tertiary/aromatic N) is 1. The molecule has 7 heteroatoms. The summed E-state index contributed by atoms with van der Waals surface area (Å²) in [4.78, 5) is 28.4. The van der Waals surface area contributed by atoms with Gasteiger partial charge in [-0.15, -0.1) is 0 Å². The van der Waals surface area contributed by atoms with Crippen molar-refractivity contribution in [2.24, 2.45) is 5.92 Å². The molecule has 0 atom stereocenters. The van der Waals surface area contributed by atoms with Crippen molar-refractivity contribution in [1.82, 2.24) is 5.32 Å². The van der Waals surface area contributed by atoms with E-state index < -0.39 is 0 Å². The molecule has 3 aromatic carbocycles. The Bertz CT molecular complexity index is 1240. The van der Waals surface area contributed by atoms with Crippen molar-refractivity contribution in [1.29, 1.82) is 0 Å². The summed E-state index contributed by atoms with van der Waals surface area (Å²) in [7, 11) is 0. The highest BCUT2D eigenvalue weighted by Crippen LogP contribution is 2.30. The molecule has 40 heavy (non-hydrogen) atoms. The Morgan fingerprint density at radius 1 is 0.875 bits per heavy atom. The van der Waals surface area contributed by atoms with Crippen molar-refractivity contribution in [3.63, 3.8) is 0 Å². The Kier molecular flexibility index (Phi) is 11.0. The fourth-order valence-corrected chi connectivity index (χ4v) is 5.17. The molecule has 1 heterocycles. The van der Waals surface area contributed by atoms with E-state index in [0.717, 1.165) is 62.1 Å². The summed E-state index contributed by atoms with van der Waals surface area (Å²) < 4.78 is 5.40. The first-order valence-corrected chi connectivity index (χ1v) is 14.5. The number of ether oxygens (including phenoxy) is 1. The van der Waals surface area contributed by atoms with E-state index >= 15 is 0 Å². The lowest BCUT2D eigenvalue weighted by Gasteiger charge is -2.35. The first-order chi connectivity index (χ1) is 19.6. The maximum absolute atomic E-state index is 13.3. The van der Waals surface area contributed by atoms with Gasteiger partial charge in [-0.25, -0.2) is 4.79 Å².